The van der Waals surface area contributed by atoms with Crippen LogP contribution in [-0.2, 0) is 9.59 Å². The van der Waals surface area contributed by atoms with E-state index in [1.807, 2.05) is 12.3 Å². The van der Waals surface area contributed by atoms with Gasteiger partial charge in [-0.1, -0.05) is 68.1 Å². The summed E-state index contributed by atoms with van der Waals surface area (Å²) >= 11 is 0. The summed E-state index contributed by atoms with van der Waals surface area (Å²) in [5, 5.41) is 0. The molecule has 0 bridgehead atoms. The van der Waals surface area contributed by atoms with E-state index in [1.54, 1.807) is 0 Å². The summed E-state index contributed by atoms with van der Waals surface area (Å²) in [5.74, 6) is 0.521. The molecule has 0 saturated heterocycles. The minimum absolute atomic E-state index is 0.188. The molecule has 0 radical (unpaired) electrons. The van der Waals surface area contributed by atoms with Gasteiger partial charge in [-0.2, -0.15) is 0 Å². The van der Waals surface area contributed by atoms with Crippen molar-refractivity contribution >= 4 is 11.8 Å². The number of hydrogen-bond donors (Lipinski definition) is 0. The van der Waals surface area contributed by atoms with Gasteiger partial charge in [0.15, 0.2) is 0 Å². The van der Waals surface area contributed by atoms with Crippen LogP contribution in [0.5, 0.6) is 5.75 Å². The van der Waals surface area contributed by atoms with Crippen LogP contribution >= 0.6 is 0 Å². The van der Waals surface area contributed by atoms with E-state index in [1.165, 1.54) is 61.6 Å². The summed E-state index contributed by atoms with van der Waals surface area (Å²) in [6.45, 7) is 10.1. The third-order valence-corrected chi connectivity index (χ3v) is 8.83. The molecule has 226 valence electrons. The molecule has 1 aliphatic heterocycles. The maximum atomic E-state index is 11.6. The molecule has 0 unspecified atom stereocenters. The van der Waals surface area contributed by atoms with Gasteiger partial charge < -0.3 is 4.74 Å². The number of carbonyl (C=O) groups excluding carboxylic acids is 2. The SMILES string of the molecule is Cc1c(C)c(-c2ccnc(-c3ccccc3)c2)c(C)c(C)c1-c1ccc(OCCCCCCCCN2C(=O)C=CC2=O)cc1. The number of ether oxygens (including phenoxy) is 1. The Morgan fingerprint density at radius 2 is 1.18 bits per heavy atom. The zero-order chi connectivity index (χ0) is 31.1. The van der Waals surface area contributed by atoms with E-state index in [-0.39, 0.29) is 11.8 Å². The van der Waals surface area contributed by atoms with Gasteiger partial charge >= 0.3 is 0 Å². The van der Waals surface area contributed by atoms with Crippen LogP contribution in [0.1, 0.15) is 60.8 Å². The molecule has 5 heteroatoms. The average Bonchev–Trinajstić information content (AvgIpc) is 3.37. The number of hydrogen-bond acceptors (Lipinski definition) is 4. The highest BCUT2D eigenvalue weighted by Crippen LogP contribution is 2.40. The normalized spacial score (nSPS) is 12.8. The van der Waals surface area contributed by atoms with Crippen molar-refractivity contribution in [2.24, 2.45) is 0 Å². The van der Waals surface area contributed by atoms with Crippen molar-refractivity contribution in [1.29, 1.82) is 0 Å². The molecule has 1 aliphatic rings. The molecule has 2 amide bonds. The predicted molar refractivity (Wildman–Crippen MR) is 179 cm³/mol. The number of amides is 2. The van der Waals surface area contributed by atoms with Crippen molar-refractivity contribution in [1.82, 2.24) is 9.88 Å². The number of aromatic nitrogens is 1. The topological polar surface area (TPSA) is 59.5 Å². The van der Waals surface area contributed by atoms with E-state index in [0.29, 0.717) is 13.2 Å². The Labute approximate surface area is 261 Å². The number of unbranched alkanes of at least 4 members (excludes halogenated alkanes) is 5. The van der Waals surface area contributed by atoms with Crippen molar-refractivity contribution < 1.29 is 14.3 Å². The second kappa shape index (κ2) is 14.3. The number of carbonyl (C=O) groups is 2. The Morgan fingerprint density at radius 1 is 0.614 bits per heavy atom. The van der Waals surface area contributed by atoms with Gasteiger partial charge in [-0.15, -0.1) is 0 Å². The van der Waals surface area contributed by atoms with Crippen LogP contribution in [0.4, 0.5) is 0 Å². The maximum absolute atomic E-state index is 11.6. The Bertz CT molecular complexity index is 1610. The molecule has 1 aromatic heterocycles. The third-order valence-electron chi connectivity index (χ3n) is 8.83. The van der Waals surface area contributed by atoms with E-state index < -0.39 is 0 Å². The molecule has 44 heavy (non-hydrogen) atoms. The fourth-order valence-electron chi connectivity index (χ4n) is 6.17. The fraction of sp³-hybridized carbons (Fsp3) is 0.308. The largest absolute Gasteiger partial charge is 0.494 e. The molecule has 5 rings (SSSR count). The number of benzene rings is 3. The Balaban J connectivity index is 1.15. The van der Waals surface area contributed by atoms with Crippen molar-refractivity contribution in [2.45, 2.75) is 66.2 Å². The summed E-state index contributed by atoms with van der Waals surface area (Å²) in [6, 6.07) is 23.2. The summed E-state index contributed by atoms with van der Waals surface area (Å²) in [5.41, 5.74) is 12.3. The first-order valence-corrected chi connectivity index (χ1v) is 15.7. The first-order valence-electron chi connectivity index (χ1n) is 15.7. The summed E-state index contributed by atoms with van der Waals surface area (Å²) in [7, 11) is 0. The Hall–Kier alpha value is -4.51. The number of imide groups is 1. The summed E-state index contributed by atoms with van der Waals surface area (Å²) < 4.78 is 6.05. The minimum Gasteiger partial charge on any atom is -0.494 e. The van der Waals surface area contributed by atoms with Crippen LogP contribution in [0, 0.1) is 27.7 Å². The molecule has 5 nitrogen and oxygen atoms in total. The highest BCUT2D eigenvalue weighted by molar-refractivity contribution is 6.12. The molecule has 0 aliphatic carbocycles. The lowest BCUT2D eigenvalue weighted by Crippen LogP contribution is -2.30. The lowest BCUT2D eigenvalue weighted by molar-refractivity contribution is -0.136. The van der Waals surface area contributed by atoms with Gasteiger partial charge in [0.25, 0.3) is 11.8 Å². The molecular weight excluding hydrogens is 544 g/mol. The first-order chi connectivity index (χ1) is 21.3. The van der Waals surface area contributed by atoms with Crippen molar-refractivity contribution in [3.8, 4) is 39.3 Å². The molecule has 0 fully saturated rings. The zero-order valence-corrected chi connectivity index (χ0v) is 26.4. The Morgan fingerprint density at radius 3 is 1.82 bits per heavy atom. The van der Waals surface area contributed by atoms with Crippen LogP contribution in [0.2, 0.25) is 0 Å². The molecule has 3 aromatic carbocycles. The van der Waals surface area contributed by atoms with E-state index >= 15 is 0 Å². The van der Waals surface area contributed by atoms with Gasteiger partial charge in [0.1, 0.15) is 5.75 Å². The van der Waals surface area contributed by atoms with Crippen LogP contribution in [0.15, 0.2) is 85.1 Å². The Kier molecular flexibility index (Phi) is 10.1. The number of rotatable bonds is 13. The quantitative estimate of drug-likeness (QED) is 0.116. The van der Waals surface area contributed by atoms with Crippen molar-refractivity contribution in [2.75, 3.05) is 13.2 Å². The van der Waals surface area contributed by atoms with Gasteiger partial charge in [-0.3, -0.25) is 19.5 Å². The molecular formula is C39H42N2O3. The molecule has 0 spiro atoms. The predicted octanol–water partition coefficient (Wildman–Crippen LogP) is 8.96. The monoisotopic (exact) mass is 586 g/mol. The minimum atomic E-state index is -0.188. The highest BCUT2D eigenvalue weighted by Gasteiger charge is 2.22. The van der Waals surface area contributed by atoms with Crippen LogP contribution in [0.3, 0.4) is 0 Å². The van der Waals surface area contributed by atoms with E-state index in [4.69, 9.17) is 4.74 Å². The van der Waals surface area contributed by atoms with Gasteiger partial charge in [-0.25, -0.2) is 0 Å². The van der Waals surface area contributed by atoms with Gasteiger partial charge in [0.2, 0.25) is 0 Å². The zero-order valence-electron chi connectivity index (χ0n) is 26.4. The average molecular weight is 587 g/mol. The van der Waals surface area contributed by atoms with Crippen LogP contribution in [-0.4, -0.2) is 34.8 Å². The maximum Gasteiger partial charge on any atom is 0.253 e. The number of nitrogens with zero attached hydrogens (tertiary/aromatic N) is 2. The van der Waals surface area contributed by atoms with Crippen LogP contribution in [0.25, 0.3) is 33.5 Å². The van der Waals surface area contributed by atoms with Gasteiger partial charge in [-0.05, 0) is 109 Å². The molecule has 0 saturated carbocycles. The molecule has 4 aromatic rings. The lowest BCUT2D eigenvalue weighted by atomic mass is 9.83. The van der Waals surface area contributed by atoms with Crippen molar-refractivity contribution in [3.05, 3.63) is 107 Å². The highest BCUT2D eigenvalue weighted by atomic mass is 16.5. The smallest absolute Gasteiger partial charge is 0.253 e. The second-order valence-corrected chi connectivity index (χ2v) is 11.7. The molecule has 0 N–H and O–H groups in total. The standard InChI is InChI=1S/C39H42N2O3/c1-27-29(3)39(33-22-23-40-35(26-33)31-14-10-9-11-15-31)30(4)28(2)38(27)32-16-18-34(19-17-32)44-25-13-8-6-5-7-12-24-41-36(42)20-21-37(41)43/h9-11,14-23,26H,5-8,12-13,24-25H2,1-4H3. The molecule has 2 heterocycles. The third kappa shape index (κ3) is 6.99. The second-order valence-electron chi connectivity index (χ2n) is 11.7. The molecule has 0 atom stereocenters. The van der Waals surface area contributed by atoms with E-state index in [9.17, 15) is 9.59 Å². The number of pyridine rings is 1. The van der Waals surface area contributed by atoms with E-state index in [2.05, 4.69) is 93.3 Å². The first kappa shape index (κ1) is 30.9. The van der Waals surface area contributed by atoms with Gasteiger partial charge in [0.05, 0.1) is 12.3 Å². The van der Waals surface area contributed by atoms with Crippen LogP contribution < -0.4 is 4.74 Å². The van der Waals surface area contributed by atoms with E-state index in [0.717, 1.165) is 55.5 Å². The van der Waals surface area contributed by atoms with Crippen molar-refractivity contribution in [3.63, 3.8) is 0 Å². The summed E-state index contributed by atoms with van der Waals surface area (Å²) in [6.07, 6.45) is 10.8. The summed E-state index contributed by atoms with van der Waals surface area (Å²) in [4.78, 5) is 29.2. The van der Waals surface area contributed by atoms with Gasteiger partial charge in [0, 0.05) is 30.5 Å². The fourth-order valence-corrected chi connectivity index (χ4v) is 6.17. The lowest BCUT2D eigenvalue weighted by Gasteiger charge is -2.21.